The van der Waals surface area contributed by atoms with Crippen LogP contribution in [0.3, 0.4) is 0 Å². The number of aromatic hydroxyl groups is 1. The first-order valence-electron chi connectivity index (χ1n) is 5.80. The maximum absolute atomic E-state index is 9.20. The minimum absolute atomic E-state index is 0.274. The van der Waals surface area contributed by atoms with Gasteiger partial charge in [0.2, 0.25) is 5.95 Å². The predicted molar refractivity (Wildman–Crippen MR) is 70.5 cm³/mol. The van der Waals surface area contributed by atoms with Gasteiger partial charge in [-0.15, -0.1) is 0 Å². The van der Waals surface area contributed by atoms with Gasteiger partial charge in [0, 0.05) is 31.9 Å². The third-order valence-corrected chi connectivity index (χ3v) is 2.48. The van der Waals surface area contributed by atoms with E-state index in [4.69, 9.17) is 5.73 Å². The fourth-order valence-corrected chi connectivity index (χ4v) is 1.57. The van der Waals surface area contributed by atoms with E-state index < -0.39 is 0 Å². The molecular formula is C13H16N4O. The molecular weight excluding hydrogens is 228 g/mol. The van der Waals surface area contributed by atoms with E-state index in [2.05, 4.69) is 15.3 Å². The van der Waals surface area contributed by atoms with Crippen LogP contribution in [0, 0.1) is 0 Å². The Hall–Kier alpha value is -2.14. The molecule has 0 amide bonds. The van der Waals surface area contributed by atoms with Gasteiger partial charge in [0.1, 0.15) is 5.75 Å². The van der Waals surface area contributed by atoms with Crippen LogP contribution >= 0.6 is 0 Å². The summed E-state index contributed by atoms with van der Waals surface area (Å²) in [7, 11) is 0. The molecule has 1 heterocycles. The lowest BCUT2D eigenvalue weighted by Gasteiger charge is -2.04. The van der Waals surface area contributed by atoms with E-state index in [1.54, 1.807) is 24.5 Å². The summed E-state index contributed by atoms with van der Waals surface area (Å²) in [4.78, 5) is 8.41. The van der Waals surface area contributed by atoms with Gasteiger partial charge in [-0.1, -0.05) is 12.1 Å². The van der Waals surface area contributed by atoms with Crippen molar-refractivity contribution in [1.82, 2.24) is 9.97 Å². The van der Waals surface area contributed by atoms with Crippen LogP contribution in [-0.2, 0) is 6.42 Å². The lowest BCUT2D eigenvalue weighted by atomic mass is 10.1. The number of rotatable bonds is 5. The van der Waals surface area contributed by atoms with E-state index in [0.29, 0.717) is 19.0 Å². The minimum atomic E-state index is 0.274. The second-order valence-corrected chi connectivity index (χ2v) is 3.97. The quantitative estimate of drug-likeness (QED) is 0.734. The molecule has 0 bridgehead atoms. The fraction of sp³-hybridized carbons (Fsp3) is 0.231. The summed E-state index contributed by atoms with van der Waals surface area (Å²) in [6, 6.07) is 7.12. The van der Waals surface area contributed by atoms with Gasteiger partial charge < -0.3 is 16.2 Å². The highest BCUT2D eigenvalue weighted by atomic mass is 16.3. The molecule has 0 aliphatic heterocycles. The molecule has 4 N–H and O–H groups in total. The van der Waals surface area contributed by atoms with Gasteiger partial charge in [0.05, 0.1) is 0 Å². The third kappa shape index (κ3) is 3.43. The van der Waals surface area contributed by atoms with Crippen molar-refractivity contribution >= 4 is 5.95 Å². The van der Waals surface area contributed by atoms with E-state index in [-0.39, 0.29) is 5.75 Å². The Morgan fingerprint density at radius 3 is 2.33 bits per heavy atom. The Morgan fingerprint density at radius 2 is 1.72 bits per heavy atom. The lowest BCUT2D eigenvalue weighted by molar-refractivity contribution is 0.475. The molecule has 2 rings (SSSR count). The molecule has 0 aliphatic carbocycles. The van der Waals surface area contributed by atoms with Gasteiger partial charge in [-0.05, 0) is 23.3 Å². The molecule has 0 unspecified atom stereocenters. The van der Waals surface area contributed by atoms with Crippen molar-refractivity contribution in [1.29, 1.82) is 0 Å². The summed E-state index contributed by atoms with van der Waals surface area (Å²) in [5, 5.41) is 12.2. The lowest BCUT2D eigenvalue weighted by Crippen LogP contribution is -2.14. The highest BCUT2D eigenvalue weighted by Crippen LogP contribution is 2.13. The Labute approximate surface area is 106 Å². The molecule has 2 aromatic rings. The average Bonchev–Trinajstić information content (AvgIpc) is 2.41. The maximum atomic E-state index is 9.20. The normalized spacial score (nSPS) is 10.3. The zero-order valence-electron chi connectivity index (χ0n) is 10.0. The first-order valence-corrected chi connectivity index (χ1v) is 5.80. The van der Waals surface area contributed by atoms with Crippen LogP contribution in [0.1, 0.15) is 11.1 Å². The van der Waals surface area contributed by atoms with Gasteiger partial charge in [-0.3, -0.25) is 0 Å². The van der Waals surface area contributed by atoms with E-state index >= 15 is 0 Å². The first kappa shape index (κ1) is 12.3. The van der Waals surface area contributed by atoms with Gasteiger partial charge in [-0.25, -0.2) is 9.97 Å². The van der Waals surface area contributed by atoms with E-state index in [1.165, 1.54) is 0 Å². The number of aromatic nitrogens is 2. The Bertz CT molecular complexity index is 481. The minimum Gasteiger partial charge on any atom is -0.508 e. The number of hydrogen-bond acceptors (Lipinski definition) is 5. The van der Waals surface area contributed by atoms with Crippen LogP contribution in [0.15, 0.2) is 36.7 Å². The Kier molecular flexibility index (Phi) is 4.09. The summed E-state index contributed by atoms with van der Waals surface area (Å²) in [5.74, 6) is 0.867. The Morgan fingerprint density at radius 1 is 1.06 bits per heavy atom. The number of nitrogens with zero attached hydrogens (tertiary/aromatic N) is 2. The molecule has 1 aromatic heterocycles. The van der Waals surface area contributed by atoms with E-state index in [9.17, 15) is 5.11 Å². The summed E-state index contributed by atoms with van der Waals surface area (Å²) < 4.78 is 0. The van der Waals surface area contributed by atoms with Crippen LogP contribution < -0.4 is 11.1 Å². The van der Waals surface area contributed by atoms with Gasteiger partial charge >= 0.3 is 0 Å². The standard InChI is InChI=1S/C13H16N4O/c14-5-6-15-13-16-8-11(9-17-13)7-10-1-3-12(18)4-2-10/h1-4,8-9,18H,5-7,14H2,(H,15,16,17). The molecule has 0 fully saturated rings. The molecule has 0 spiro atoms. The molecule has 18 heavy (non-hydrogen) atoms. The second kappa shape index (κ2) is 5.97. The molecule has 0 saturated carbocycles. The van der Waals surface area contributed by atoms with Crippen molar-refractivity contribution < 1.29 is 5.11 Å². The molecule has 5 heteroatoms. The molecule has 0 saturated heterocycles. The van der Waals surface area contributed by atoms with Crippen LogP contribution in [0.4, 0.5) is 5.95 Å². The van der Waals surface area contributed by atoms with Gasteiger partial charge in [0.15, 0.2) is 0 Å². The highest BCUT2D eigenvalue weighted by Gasteiger charge is 1.99. The van der Waals surface area contributed by atoms with E-state index in [1.807, 2.05) is 12.1 Å². The zero-order chi connectivity index (χ0) is 12.8. The van der Waals surface area contributed by atoms with Crippen molar-refractivity contribution in [3.63, 3.8) is 0 Å². The van der Waals surface area contributed by atoms with Crippen molar-refractivity contribution in [2.45, 2.75) is 6.42 Å². The topological polar surface area (TPSA) is 84.1 Å². The second-order valence-electron chi connectivity index (χ2n) is 3.97. The summed E-state index contributed by atoms with van der Waals surface area (Å²) in [6.45, 7) is 1.22. The van der Waals surface area contributed by atoms with Gasteiger partial charge in [0.25, 0.3) is 0 Å². The van der Waals surface area contributed by atoms with Crippen LogP contribution in [0.5, 0.6) is 5.75 Å². The smallest absolute Gasteiger partial charge is 0.222 e. The molecule has 5 nitrogen and oxygen atoms in total. The fourth-order valence-electron chi connectivity index (χ4n) is 1.57. The monoisotopic (exact) mass is 244 g/mol. The highest BCUT2D eigenvalue weighted by molar-refractivity contribution is 5.31. The largest absolute Gasteiger partial charge is 0.508 e. The van der Waals surface area contributed by atoms with Crippen molar-refractivity contribution in [2.75, 3.05) is 18.4 Å². The maximum Gasteiger partial charge on any atom is 0.222 e. The molecule has 0 aliphatic rings. The number of phenols is 1. The average molecular weight is 244 g/mol. The number of benzene rings is 1. The SMILES string of the molecule is NCCNc1ncc(Cc2ccc(O)cc2)cn1. The third-order valence-electron chi connectivity index (χ3n) is 2.48. The number of phenolic OH excluding ortho intramolecular Hbond substituents is 1. The summed E-state index contributed by atoms with van der Waals surface area (Å²) >= 11 is 0. The van der Waals surface area contributed by atoms with Crippen LogP contribution in [0.25, 0.3) is 0 Å². The number of anilines is 1. The summed E-state index contributed by atoms with van der Waals surface area (Å²) in [6.07, 6.45) is 4.33. The van der Waals surface area contributed by atoms with E-state index in [0.717, 1.165) is 17.5 Å². The number of nitrogens with one attached hydrogen (secondary N) is 1. The molecule has 1 aromatic carbocycles. The van der Waals surface area contributed by atoms with Crippen LogP contribution in [0.2, 0.25) is 0 Å². The van der Waals surface area contributed by atoms with Crippen molar-refractivity contribution in [2.24, 2.45) is 5.73 Å². The van der Waals surface area contributed by atoms with Crippen molar-refractivity contribution in [3.8, 4) is 5.75 Å². The zero-order valence-corrected chi connectivity index (χ0v) is 10.0. The molecule has 0 atom stereocenters. The predicted octanol–water partition coefficient (Wildman–Crippen LogP) is 1.14. The van der Waals surface area contributed by atoms with Gasteiger partial charge in [-0.2, -0.15) is 0 Å². The van der Waals surface area contributed by atoms with Crippen molar-refractivity contribution in [3.05, 3.63) is 47.8 Å². The number of nitrogens with two attached hydrogens (primary N) is 1. The molecule has 94 valence electrons. The Balaban J connectivity index is 1.99. The number of hydrogen-bond donors (Lipinski definition) is 3. The first-order chi connectivity index (χ1) is 8.78. The molecule has 0 radical (unpaired) electrons. The summed E-state index contributed by atoms with van der Waals surface area (Å²) in [5.41, 5.74) is 7.52. The van der Waals surface area contributed by atoms with Crippen LogP contribution in [-0.4, -0.2) is 28.2 Å².